The van der Waals surface area contributed by atoms with Crippen molar-refractivity contribution >= 4 is 50.5 Å². The van der Waals surface area contributed by atoms with Crippen LogP contribution in [-0.4, -0.2) is 0 Å². The number of nitriles is 4. The summed E-state index contributed by atoms with van der Waals surface area (Å²) in [4.78, 5) is 0. The van der Waals surface area contributed by atoms with E-state index >= 15 is 0 Å². The minimum absolute atomic E-state index is 0. The summed E-state index contributed by atoms with van der Waals surface area (Å²) in [5, 5.41) is 33.9. The summed E-state index contributed by atoms with van der Waals surface area (Å²) in [5.74, 6) is 0. The van der Waals surface area contributed by atoms with Gasteiger partial charge in [0.05, 0.1) is 0 Å². The van der Waals surface area contributed by atoms with Crippen LogP contribution in [0.4, 0.5) is 0 Å². The van der Waals surface area contributed by atoms with Gasteiger partial charge in [0.2, 0.25) is 0 Å². The first kappa shape index (κ1) is 29.4. The van der Waals surface area contributed by atoms with Gasteiger partial charge in [-0.05, 0) is 0 Å². The fourth-order valence-electron chi connectivity index (χ4n) is 0. The van der Waals surface area contributed by atoms with Gasteiger partial charge in [-0.1, -0.05) is 21.6 Å². The molecule has 0 aromatic carbocycles. The second kappa shape index (κ2) is 101. The fraction of sp³-hybridized carbons (Fsp3) is 0. The number of thiocyanates is 4. The van der Waals surface area contributed by atoms with E-state index in [9.17, 15) is 0 Å². The third kappa shape index (κ3) is 6030. The molecule has 0 aliphatic rings. The molecule has 9 heteroatoms. The Bertz CT molecular complexity index is 158. The van der Waals surface area contributed by atoms with Crippen LogP contribution < -0.4 is 0 Å². The fourth-order valence-corrected chi connectivity index (χ4v) is 0. The number of rotatable bonds is 0. The van der Waals surface area contributed by atoms with Crippen LogP contribution in [0.3, 0.4) is 0 Å². The van der Waals surface area contributed by atoms with E-state index < -0.39 is 0 Å². The van der Waals surface area contributed by atoms with Crippen molar-refractivity contribution < 1.29 is 22.4 Å². The van der Waals surface area contributed by atoms with Crippen molar-refractivity contribution in [2.75, 3.05) is 0 Å². The van der Waals surface area contributed by atoms with Gasteiger partial charge in [0, 0.05) is 22.4 Å². The molecule has 0 fully saturated rings. The van der Waals surface area contributed by atoms with E-state index in [0.717, 1.165) is 0 Å². The molecule has 0 saturated heterocycles. The summed E-state index contributed by atoms with van der Waals surface area (Å²) in [5.41, 5.74) is 0. The molecular weight excluding hydrogens is 325 g/mol. The molecule has 69 valence electrons. The Kier molecular flexibility index (Phi) is 228. The molecule has 0 aliphatic heterocycles. The van der Waals surface area contributed by atoms with Crippen LogP contribution in [0.25, 0.3) is 0 Å². The SMILES string of the molecule is N#C[S-].N#C[S-].N#C[S-].N#C[S-].[Nb]. The van der Waals surface area contributed by atoms with E-state index in [1.54, 1.807) is 0 Å². The number of nitrogens with zero attached hydrogens (tertiary/aromatic N) is 4. The predicted octanol–water partition coefficient (Wildman–Crippen LogP) is 0.0550. The van der Waals surface area contributed by atoms with Crippen molar-refractivity contribution in [3.8, 4) is 21.6 Å². The van der Waals surface area contributed by atoms with Crippen LogP contribution in [-0.2, 0) is 72.9 Å². The normalized spacial score (nSPS) is 2.15. The first-order chi connectivity index (χ1) is 5.66. The van der Waals surface area contributed by atoms with Gasteiger partial charge in [-0.15, -0.1) is 0 Å². The second-order valence-electron chi connectivity index (χ2n) is 0.365. The van der Waals surface area contributed by atoms with E-state index in [1.807, 2.05) is 0 Å². The van der Waals surface area contributed by atoms with Crippen molar-refractivity contribution in [2.24, 2.45) is 0 Å². The van der Waals surface area contributed by atoms with Crippen molar-refractivity contribution in [1.82, 2.24) is 0 Å². The molecule has 0 aromatic heterocycles. The average Bonchev–Trinajstić information content (AvgIpc) is 1.92. The van der Waals surface area contributed by atoms with E-state index in [2.05, 4.69) is 50.5 Å². The van der Waals surface area contributed by atoms with Crippen molar-refractivity contribution in [3.05, 3.63) is 0 Å². The van der Waals surface area contributed by atoms with E-state index in [4.69, 9.17) is 21.0 Å². The Labute approximate surface area is 115 Å². The molecule has 0 aromatic rings. The van der Waals surface area contributed by atoms with Crippen molar-refractivity contribution in [1.29, 1.82) is 21.0 Å². The molecule has 0 amide bonds. The van der Waals surface area contributed by atoms with Gasteiger partial charge in [0.1, 0.15) is 0 Å². The van der Waals surface area contributed by atoms with Crippen molar-refractivity contribution in [2.45, 2.75) is 0 Å². The average molecular weight is 325 g/mol. The second-order valence-corrected chi connectivity index (χ2v) is 1.10. The molecule has 0 atom stereocenters. The summed E-state index contributed by atoms with van der Waals surface area (Å²) >= 11 is 14.8. The Morgan fingerprint density at radius 3 is 0.538 bits per heavy atom. The molecule has 1 radical (unpaired) electrons. The van der Waals surface area contributed by atoms with Gasteiger partial charge in [0.25, 0.3) is 0 Å². The first-order valence-electron chi connectivity index (χ1n) is 1.71. The number of hydrogen-bond acceptors (Lipinski definition) is 8. The van der Waals surface area contributed by atoms with E-state index in [-0.39, 0.29) is 22.4 Å². The zero-order valence-electron chi connectivity index (χ0n) is 5.87. The zero-order chi connectivity index (χ0) is 10.8. The molecule has 0 aliphatic carbocycles. The summed E-state index contributed by atoms with van der Waals surface area (Å²) in [6.07, 6.45) is 0. The molecule has 0 unspecified atom stereocenters. The quantitative estimate of drug-likeness (QED) is 0.350. The van der Waals surface area contributed by atoms with Gasteiger partial charge < -0.3 is 50.5 Å². The molecule has 4 nitrogen and oxygen atoms in total. The Morgan fingerprint density at radius 2 is 0.538 bits per heavy atom. The first-order valence-corrected chi connectivity index (χ1v) is 3.34. The van der Waals surface area contributed by atoms with Crippen LogP contribution in [0.15, 0.2) is 0 Å². The Morgan fingerprint density at radius 1 is 0.538 bits per heavy atom. The molecular formula is C4N4NbS4-4. The Balaban J connectivity index is -0.0000000213. The molecule has 0 rings (SSSR count). The molecule has 0 N–H and O–H groups in total. The van der Waals surface area contributed by atoms with Crippen LogP contribution in [0.2, 0.25) is 0 Å². The van der Waals surface area contributed by atoms with Gasteiger partial charge in [-0.3, -0.25) is 0 Å². The minimum atomic E-state index is 0. The summed E-state index contributed by atoms with van der Waals surface area (Å²) in [6.45, 7) is 0. The van der Waals surface area contributed by atoms with Crippen LogP contribution in [0.5, 0.6) is 0 Å². The van der Waals surface area contributed by atoms with E-state index in [1.165, 1.54) is 21.6 Å². The third-order valence-corrected chi connectivity index (χ3v) is 0. The minimum Gasteiger partial charge on any atom is -0.696 e. The molecule has 0 bridgehead atoms. The van der Waals surface area contributed by atoms with Crippen LogP contribution in [0, 0.1) is 42.7 Å². The van der Waals surface area contributed by atoms with Crippen molar-refractivity contribution in [3.63, 3.8) is 0 Å². The maximum absolute atomic E-state index is 7.13. The predicted molar refractivity (Wildman–Crippen MR) is 51.9 cm³/mol. The largest absolute Gasteiger partial charge is 0.696 e. The summed E-state index contributed by atoms with van der Waals surface area (Å²) in [7, 11) is 0. The molecule has 0 spiro atoms. The van der Waals surface area contributed by atoms with E-state index in [0.29, 0.717) is 0 Å². The monoisotopic (exact) mass is 325 g/mol. The van der Waals surface area contributed by atoms with Gasteiger partial charge >= 0.3 is 0 Å². The molecule has 13 heavy (non-hydrogen) atoms. The standard InChI is InChI=1S/4CHNS.Nb/c4*2-1-3;/h4*3H;/p-4. The van der Waals surface area contributed by atoms with Crippen LogP contribution >= 0.6 is 0 Å². The summed E-state index contributed by atoms with van der Waals surface area (Å²) < 4.78 is 0. The van der Waals surface area contributed by atoms with Gasteiger partial charge in [0.15, 0.2) is 0 Å². The number of hydrogen-bond donors (Lipinski definition) is 0. The Hall–Kier alpha value is -0.420. The smallest absolute Gasteiger partial charge is 0 e. The topological polar surface area (TPSA) is 95.2 Å². The maximum Gasteiger partial charge on any atom is 0 e. The molecule has 0 heterocycles. The van der Waals surface area contributed by atoms with Gasteiger partial charge in [-0.25, -0.2) is 21.0 Å². The summed E-state index contributed by atoms with van der Waals surface area (Å²) in [6, 6.07) is 0. The maximum atomic E-state index is 7.13. The van der Waals surface area contributed by atoms with Gasteiger partial charge in [-0.2, -0.15) is 0 Å². The molecule has 0 saturated carbocycles. The zero-order valence-corrected chi connectivity index (χ0v) is 11.3. The third-order valence-electron chi connectivity index (χ3n) is 0. The van der Waals surface area contributed by atoms with Crippen LogP contribution in [0.1, 0.15) is 0 Å².